The number of nitrogens with one attached hydrogen (secondary N) is 6. The van der Waals surface area contributed by atoms with Crippen molar-refractivity contribution in [3.05, 3.63) is 35.9 Å². The van der Waals surface area contributed by atoms with E-state index < -0.39 is 120 Å². The molecule has 24 nitrogen and oxygen atoms in total. The van der Waals surface area contributed by atoms with Gasteiger partial charge in [0.15, 0.2) is 5.96 Å². The molecule has 0 bridgehead atoms. The Labute approximate surface area is 395 Å². The number of amides is 8. The van der Waals surface area contributed by atoms with E-state index in [2.05, 4.69) is 36.9 Å². The lowest BCUT2D eigenvalue weighted by Gasteiger charge is -2.30. The van der Waals surface area contributed by atoms with E-state index in [-0.39, 0.29) is 63.0 Å². The van der Waals surface area contributed by atoms with E-state index in [4.69, 9.17) is 22.9 Å². The molecule has 8 amide bonds. The minimum Gasteiger partial charge on any atom is -0.480 e. The molecular formula is C44H72N12O12. The highest BCUT2D eigenvalue weighted by atomic mass is 16.4. The first-order chi connectivity index (χ1) is 31.8. The van der Waals surface area contributed by atoms with Crippen LogP contribution in [-0.2, 0) is 49.6 Å². The topological polar surface area (TPSA) is 406 Å². The van der Waals surface area contributed by atoms with E-state index in [9.17, 15) is 58.5 Å². The number of hydrogen-bond donors (Lipinski definition) is 13. The lowest BCUT2D eigenvalue weighted by atomic mass is 10.00. The first-order valence-electron chi connectivity index (χ1n) is 22.7. The summed E-state index contributed by atoms with van der Waals surface area (Å²) in [4.78, 5) is 125. The maximum atomic E-state index is 13.9. The lowest BCUT2D eigenvalue weighted by molar-refractivity contribution is -0.142. The molecule has 24 heteroatoms. The smallest absolute Gasteiger partial charge is 0.326 e. The number of carboxylic acid groups (broad SMARTS) is 1. The second-order valence-corrected chi connectivity index (χ2v) is 17.9. The Hall–Kier alpha value is -6.40. The number of carbonyl (C=O) groups excluding carboxylic acids is 8. The van der Waals surface area contributed by atoms with Gasteiger partial charge in [-0.2, -0.15) is 0 Å². The van der Waals surface area contributed by atoms with Crippen LogP contribution in [0.4, 0.5) is 0 Å². The molecule has 17 N–H and O–H groups in total. The maximum Gasteiger partial charge on any atom is 0.326 e. The van der Waals surface area contributed by atoms with Crippen LogP contribution in [0.2, 0.25) is 0 Å². The largest absolute Gasteiger partial charge is 0.480 e. The number of aliphatic hydroxyl groups is 2. The zero-order valence-electron chi connectivity index (χ0n) is 39.6. The highest BCUT2D eigenvalue weighted by molar-refractivity contribution is 5.99. The SMILES string of the molecule is CC(C)C[C@H](NC(=O)[C@H](CC(N)=O)NC(=O)[C@H](CC(C)C)NC(=O)[C@@H](NC(=O)[C@@H](NC(=O)[C@@H]1CCCN1C(=O)[C@@H](N)CCCN=C(N)N)[C@@H](C)O)[C@@H](C)O)C(=O)N[C@@H](Cc1ccccc1)C(=O)O. The van der Waals surface area contributed by atoms with E-state index in [0.29, 0.717) is 18.4 Å². The van der Waals surface area contributed by atoms with Crippen molar-refractivity contribution in [3.8, 4) is 0 Å². The van der Waals surface area contributed by atoms with Crippen LogP contribution in [0.5, 0.6) is 0 Å². The molecule has 0 spiro atoms. The highest BCUT2D eigenvalue weighted by Crippen LogP contribution is 2.20. The number of rotatable bonds is 28. The predicted molar refractivity (Wildman–Crippen MR) is 248 cm³/mol. The summed E-state index contributed by atoms with van der Waals surface area (Å²) in [6.45, 7) is 9.74. The second-order valence-electron chi connectivity index (χ2n) is 17.9. The number of guanidine groups is 1. The summed E-state index contributed by atoms with van der Waals surface area (Å²) >= 11 is 0. The van der Waals surface area contributed by atoms with Gasteiger partial charge in [0.2, 0.25) is 47.3 Å². The van der Waals surface area contributed by atoms with Crippen LogP contribution in [0.15, 0.2) is 35.3 Å². The number of nitrogens with zero attached hydrogens (tertiary/aromatic N) is 2. The second kappa shape index (κ2) is 28.1. The van der Waals surface area contributed by atoms with Gasteiger partial charge in [-0.1, -0.05) is 58.0 Å². The van der Waals surface area contributed by atoms with Crippen molar-refractivity contribution in [2.24, 2.45) is 39.8 Å². The quantitative estimate of drug-likeness (QED) is 0.0219. The molecule has 10 atom stereocenters. The van der Waals surface area contributed by atoms with Gasteiger partial charge >= 0.3 is 5.97 Å². The molecule has 0 unspecified atom stereocenters. The van der Waals surface area contributed by atoms with Crippen LogP contribution >= 0.6 is 0 Å². The van der Waals surface area contributed by atoms with Gasteiger partial charge in [0.1, 0.15) is 42.3 Å². The number of likely N-dealkylation sites (tertiary alicyclic amines) is 1. The van der Waals surface area contributed by atoms with Crippen LogP contribution < -0.4 is 54.8 Å². The fourth-order valence-corrected chi connectivity index (χ4v) is 7.41. The summed E-state index contributed by atoms with van der Waals surface area (Å²) in [6.07, 6.45) is -2.73. The summed E-state index contributed by atoms with van der Waals surface area (Å²) in [5.41, 5.74) is 22.9. The Kier molecular flexibility index (Phi) is 23.8. The summed E-state index contributed by atoms with van der Waals surface area (Å²) in [7, 11) is 0. The zero-order valence-corrected chi connectivity index (χ0v) is 39.6. The molecule has 2 rings (SSSR count). The summed E-state index contributed by atoms with van der Waals surface area (Å²) in [6, 6.07) is -2.76. The fraction of sp³-hybridized carbons (Fsp3) is 0.636. The van der Waals surface area contributed by atoms with E-state index >= 15 is 0 Å². The molecule has 68 heavy (non-hydrogen) atoms. The Balaban J connectivity index is 2.25. The molecule has 1 heterocycles. The fourth-order valence-electron chi connectivity index (χ4n) is 7.41. The number of aliphatic hydroxyl groups excluding tert-OH is 2. The van der Waals surface area contributed by atoms with Gasteiger partial charge < -0.3 is 75.1 Å². The Morgan fingerprint density at radius 2 is 1.18 bits per heavy atom. The summed E-state index contributed by atoms with van der Waals surface area (Å²) in [5, 5.41) is 45.7. The lowest BCUT2D eigenvalue weighted by Crippen LogP contribution is -2.63. The van der Waals surface area contributed by atoms with Crippen molar-refractivity contribution in [1.29, 1.82) is 0 Å². The molecule has 0 aliphatic carbocycles. The van der Waals surface area contributed by atoms with E-state index in [1.807, 2.05) is 0 Å². The van der Waals surface area contributed by atoms with Crippen LogP contribution in [0.1, 0.15) is 92.1 Å². The number of carboxylic acids is 1. The average Bonchev–Trinajstić information content (AvgIpc) is 3.74. The number of primary amides is 1. The number of nitrogens with two attached hydrogens (primary N) is 4. The van der Waals surface area contributed by atoms with Crippen molar-refractivity contribution in [2.45, 2.75) is 153 Å². The molecule has 1 aliphatic rings. The molecule has 0 saturated carbocycles. The third-order valence-electron chi connectivity index (χ3n) is 10.9. The Morgan fingerprint density at radius 1 is 0.691 bits per heavy atom. The molecule has 380 valence electrons. The van der Waals surface area contributed by atoms with Gasteiger partial charge in [0.05, 0.1) is 24.7 Å². The summed E-state index contributed by atoms with van der Waals surface area (Å²) < 4.78 is 0. The van der Waals surface area contributed by atoms with Crippen LogP contribution in [0.3, 0.4) is 0 Å². The van der Waals surface area contributed by atoms with Gasteiger partial charge in [-0.25, -0.2) is 4.79 Å². The van der Waals surface area contributed by atoms with Crippen molar-refractivity contribution in [1.82, 2.24) is 36.8 Å². The molecule has 1 saturated heterocycles. The number of aliphatic imine (C=N–C) groups is 1. The molecular weight excluding hydrogens is 889 g/mol. The average molecular weight is 961 g/mol. The first kappa shape index (κ1) is 57.7. The number of benzene rings is 1. The van der Waals surface area contributed by atoms with Crippen molar-refractivity contribution >= 4 is 59.2 Å². The third-order valence-corrected chi connectivity index (χ3v) is 10.9. The zero-order chi connectivity index (χ0) is 51.4. The number of hydrogen-bond acceptors (Lipinski definition) is 13. The third kappa shape index (κ3) is 19.4. The standard InChI is InChI=1S/C44H72N12O12/c1-22(2)18-28(37(61)53-31(43(67)68)20-26-12-8-7-9-13-26)50-38(62)30(21-33(46)59)51-36(60)29(19-23(3)4)52-40(64)34(24(5)57)55-41(65)35(25(6)58)54-39(63)32-15-11-17-56(32)42(66)27(45)14-10-16-49-44(47)48/h7-9,12-13,22-25,27-32,34-35,57-58H,10-11,14-21,45H2,1-6H3,(H2,46,59)(H,50,62)(H,51,60)(H,52,64)(H,53,61)(H,54,63)(H,55,65)(H,67,68)(H4,47,48,49)/t24-,25-,27+,28+,29+,30+,31+,32+,34+,35+/m1/s1. The summed E-state index contributed by atoms with van der Waals surface area (Å²) in [5.74, 6) is -9.26. The Morgan fingerprint density at radius 3 is 1.68 bits per heavy atom. The maximum absolute atomic E-state index is 13.9. The minimum absolute atomic E-state index is 0.0294. The van der Waals surface area contributed by atoms with Gasteiger partial charge in [0.25, 0.3) is 0 Å². The monoisotopic (exact) mass is 961 g/mol. The first-order valence-corrected chi connectivity index (χ1v) is 22.7. The molecule has 1 fully saturated rings. The van der Waals surface area contributed by atoms with Crippen LogP contribution in [0, 0.1) is 11.8 Å². The predicted octanol–water partition coefficient (Wildman–Crippen LogP) is -3.68. The molecule has 0 radical (unpaired) electrons. The van der Waals surface area contributed by atoms with Crippen LogP contribution in [-0.4, -0.2) is 153 Å². The number of aliphatic carboxylic acids is 1. The van der Waals surface area contributed by atoms with E-state index in [0.717, 1.165) is 6.92 Å². The van der Waals surface area contributed by atoms with Gasteiger partial charge in [-0.3, -0.25) is 43.3 Å². The highest BCUT2D eigenvalue weighted by Gasteiger charge is 2.40. The normalized spacial score (nSPS) is 17.5. The molecule has 0 aromatic heterocycles. The molecule has 1 aromatic rings. The molecule has 1 aromatic carbocycles. The van der Waals surface area contributed by atoms with Crippen molar-refractivity contribution < 1.29 is 58.5 Å². The van der Waals surface area contributed by atoms with Gasteiger partial charge in [-0.05, 0) is 69.8 Å². The van der Waals surface area contributed by atoms with Crippen molar-refractivity contribution in [3.63, 3.8) is 0 Å². The number of carbonyl (C=O) groups is 9. The van der Waals surface area contributed by atoms with E-state index in [1.165, 1.54) is 11.8 Å². The van der Waals surface area contributed by atoms with Gasteiger partial charge in [0, 0.05) is 19.5 Å². The van der Waals surface area contributed by atoms with E-state index in [1.54, 1.807) is 58.0 Å². The van der Waals surface area contributed by atoms with Crippen molar-refractivity contribution in [2.75, 3.05) is 13.1 Å². The Bertz CT molecular complexity index is 1930. The van der Waals surface area contributed by atoms with Gasteiger partial charge in [-0.15, -0.1) is 0 Å². The van der Waals surface area contributed by atoms with Crippen LogP contribution in [0.25, 0.3) is 0 Å². The molecule has 1 aliphatic heterocycles. The minimum atomic E-state index is -1.78.